The predicted octanol–water partition coefficient (Wildman–Crippen LogP) is -0.930. The standard InChI is InChI=1S/C3H10N4O/c1-4-6-7-5-2-3-8/h8H,2-3H2,1H3,(H,4,7)(H,5,6). The summed E-state index contributed by atoms with van der Waals surface area (Å²) in [5.74, 6) is 0. The summed E-state index contributed by atoms with van der Waals surface area (Å²) in [7, 11) is 1.68. The Morgan fingerprint density at radius 1 is 1.62 bits per heavy atom. The quantitative estimate of drug-likeness (QED) is 0.330. The van der Waals surface area contributed by atoms with Crippen molar-refractivity contribution in [2.45, 2.75) is 0 Å². The Bertz CT molecular complexity index is 56.3. The largest absolute Gasteiger partial charge is 0.394 e. The van der Waals surface area contributed by atoms with Crippen molar-refractivity contribution in [2.24, 2.45) is 10.3 Å². The van der Waals surface area contributed by atoms with Crippen LogP contribution in [0.15, 0.2) is 10.3 Å². The normalized spacial score (nSPS) is 10.2. The molecule has 0 aromatic carbocycles. The number of nitrogens with zero attached hydrogens (tertiary/aromatic N) is 2. The Balaban J connectivity index is 2.83. The lowest BCUT2D eigenvalue weighted by Gasteiger charge is -1.89. The summed E-state index contributed by atoms with van der Waals surface area (Å²) in [5.41, 5.74) is 4.91. The van der Waals surface area contributed by atoms with Crippen molar-refractivity contribution in [3.8, 4) is 0 Å². The summed E-state index contributed by atoms with van der Waals surface area (Å²) in [4.78, 5) is 0. The molecule has 0 heterocycles. The van der Waals surface area contributed by atoms with Crippen molar-refractivity contribution in [3.05, 3.63) is 0 Å². The Labute approximate surface area is 47.8 Å². The van der Waals surface area contributed by atoms with E-state index in [0.717, 1.165) is 0 Å². The molecule has 0 saturated heterocycles. The first kappa shape index (κ1) is 7.32. The van der Waals surface area contributed by atoms with E-state index in [1.807, 2.05) is 0 Å². The van der Waals surface area contributed by atoms with E-state index in [9.17, 15) is 0 Å². The number of aliphatic hydroxyl groups excluding tert-OH is 1. The SMILES string of the molecule is CNNN=NCCO. The lowest BCUT2D eigenvalue weighted by atomic mass is 10.8. The van der Waals surface area contributed by atoms with E-state index in [0.29, 0.717) is 6.54 Å². The maximum atomic E-state index is 8.16. The van der Waals surface area contributed by atoms with Crippen LogP contribution in [0.3, 0.4) is 0 Å². The van der Waals surface area contributed by atoms with Gasteiger partial charge in [0.2, 0.25) is 0 Å². The molecule has 0 unspecified atom stereocenters. The molecule has 0 aliphatic carbocycles. The molecule has 5 heteroatoms. The first-order valence-corrected chi connectivity index (χ1v) is 2.31. The van der Waals surface area contributed by atoms with Crippen molar-refractivity contribution in [2.75, 3.05) is 20.2 Å². The molecule has 0 bridgehead atoms. The number of rotatable bonds is 4. The summed E-state index contributed by atoms with van der Waals surface area (Å²) in [6, 6.07) is 0. The predicted molar refractivity (Wildman–Crippen MR) is 29.0 cm³/mol. The average molecular weight is 118 g/mol. The average Bonchev–Trinajstić information content (AvgIpc) is 1.81. The van der Waals surface area contributed by atoms with Crippen LogP contribution >= 0.6 is 0 Å². The van der Waals surface area contributed by atoms with Crippen molar-refractivity contribution in [1.29, 1.82) is 0 Å². The van der Waals surface area contributed by atoms with Gasteiger partial charge in [-0.2, -0.15) is 5.11 Å². The fraction of sp³-hybridized carbons (Fsp3) is 1.00. The van der Waals surface area contributed by atoms with Crippen LogP contribution < -0.4 is 11.0 Å². The molecule has 0 rings (SSSR count). The number of hydrazine groups is 1. The number of aliphatic hydroxyl groups is 1. The van der Waals surface area contributed by atoms with Gasteiger partial charge in [0.1, 0.15) is 0 Å². The second-order valence-corrected chi connectivity index (χ2v) is 1.05. The summed E-state index contributed by atoms with van der Waals surface area (Å²) in [6.45, 7) is 0.379. The van der Waals surface area contributed by atoms with Gasteiger partial charge in [0.05, 0.1) is 13.2 Å². The molecule has 3 N–H and O–H groups in total. The fourth-order valence-electron chi connectivity index (χ4n) is 0.180. The van der Waals surface area contributed by atoms with Gasteiger partial charge in [-0.15, -0.1) is 0 Å². The highest BCUT2D eigenvalue weighted by molar-refractivity contribution is 4.28. The molecule has 0 spiro atoms. The second-order valence-electron chi connectivity index (χ2n) is 1.05. The number of hydrogen-bond acceptors (Lipinski definition) is 4. The minimum absolute atomic E-state index is 0.0366. The Morgan fingerprint density at radius 2 is 2.38 bits per heavy atom. The molecular weight excluding hydrogens is 108 g/mol. The maximum Gasteiger partial charge on any atom is 0.0852 e. The first-order valence-electron chi connectivity index (χ1n) is 2.31. The van der Waals surface area contributed by atoms with Gasteiger partial charge in [0, 0.05) is 7.05 Å². The molecule has 5 nitrogen and oxygen atoms in total. The van der Waals surface area contributed by atoms with Crippen LogP contribution in [0.1, 0.15) is 0 Å². The van der Waals surface area contributed by atoms with Gasteiger partial charge in [-0.3, -0.25) is 0 Å². The van der Waals surface area contributed by atoms with Gasteiger partial charge in [0.15, 0.2) is 0 Å². The van der Waals surface area contributed by atoms with E-state index in [4.69, 9.17) is 5.11 Å². The molecule has 0 atom stereocenters. The molecule has 0 aromatic rings. The van der Waals surface area contributed by atoms with Crippen molar-refractivity contribution in [3.63, 3.8) is 0 Å². The fourth-order valence-corrected chi connectivity index (χ4v) is 0.180. The highest BCUT2D eigenvalue weighted by Gasteiger charge is 1.71. The molecule has 8 heavy (non-hydrogen) atoms. The monoisotopic (exact) mass is 118 g/mol. The summed E-state index contributed by atoms with van der Waals surface area (Å²) in [5, 5.41) is 15.0. The molecule has 0 aliphatic rings. The van der Waals surface area contributed by atoms with E-state index >= 15 is 0 Å². The number of hydrogen-bond donors (Lipinski definition) is 3. The van der Waals surface area contributed by atoms with Gasteiger partial charge in [-0.1, -0.05) is 5.22 Å². The van der Waals surface area contributed by atoms with Gasteiger partial charge in [-0.05, 0) is 0 Å². The summed E-state index contributed by atoms with van der Waals surface area (Å²) < 4.78 is 0. The summed E-state index contributed by atoms with van der Waals surface area (Å²) in [6.07, 6.45) is 0. The van der Waals surface area contributed by atoms with E-state index in [-0.39, 0.29) is 6.61 Å². The third-order valence-corrected chi connectivity index (χ3v) is 0.433. The van der Waals surface area contributed by atoms with E-state index < -0.39 is 0 Å². The zero-order chi connectivity index (χ0) is 6.24. The lowest BCUT2D eigenvalue weighted by Crippen LogP contribution is -2.20. The zero-order valence-electron chi connectivity index (χ0n) is 4.76. The topological polar surface area (TPSA) is 69.0 Å². The van der Waals surface area contributed by atoms with Crippen LogP contribution in [-0.4, -0.2) is 25.3 Å². The third kappa shape index (κ3) is 5.32. The molecule has 0 aromatic heterocycles. The van der Waals surface area contributed by atoms with Crippen LogP contribution in [0.4, 0.5) is 0 Å². The Morgan fingerprint density at radius 3 is 2.88 bits per heavy atom. The van der Waals surface area contributed by atoms with Crippen LogP contribution in [0, 0.1) is 0 Å². The maximum absolute atomic E-state index is 8.16. The zero-order valence-corrected chi connectivity index (χ0v) is 4.76. The van der Waals surface area contributed by atoms with Crippen LogP contribution in [0.5, 0.6) is 0 Å². The highest BCUT2D eigenvalue weighted by atomic mass is 16.3. The van der Waals surface area contributed by atoms with Crippen LogP contribution in [0.25, 0.3) is 0 Å². The Hall–Kier alpha value is -0.680. The molecule has 0 aliphatic heterocycles. The molecule has 0 fully saturated rings. The smallest absolute Gasteiger partial charge is 0.0852 e. The van der Waals surface area contributed by atoms with E-state index in [1.165, 1.54) is 0 Å². The molecule has 0 radical (unpaired) electrons. The van der Waals surface area contributed by atoms with Gasteiger partial charge in [-0.25, -0.2) is 11.0 Å². The molecule has 48 valence electrons. The van der Waals surface area contributed by atoms with Gasteiger partial charge in [0.25, 0.3) is 0 Å². The van der Waals surface area contributed by atoms with Crippen molar-refractivity contribution in [1.82, 2.24) is 11.0 Å². The van der Waals surface area contributed by atoms with E-state index in [1.54, 1.807) is 7.05 Å². The molecule has 0 amide bonds. The number of nitrogens with one attached hydrogen (secondary N) is 2. The van der Waals surface area contributed by atoms with Crippen molar-refractivity contribution >= 4 is 0 Å². The lowest BCUT2D eigenvalue weighted by molar-refractivity contribution is 0.303. The van der Waals surface area contributed by atoms with E-state index in [2.05, 4.69) is 21.3 Å². The second kappa shape index (κ2) is 6.32. The van der Waals surface area contributed by atoms with Crippen LogP contribution in [-0.2, 0) is 0 Å². The van der Waals surface area contributed by atoms with Crippen LogP contribution in [0.2, 0.25) is 0 Å². The third-order valence-electron chi connectivity index (χ3n) is 0.433. The first-order chi connectivity index (χ1) is 3.91. The summed E-state index contributed by atoms with van der Waals surface area (Å²) >= 11 is 0. The minimum Gasteiger partial charge on any atom is -0.394 e. The van der Waals surface area contributed by atoms with Gasteiger partial charge >= 0.3 is 0 Å². The Kier molecular flexibility index (Phi) is 5.78. The highest BCUT2D eigenvalue weighted by Crippen LogP contribution is 1.65. The van der Waals surface area contributed by atoms with Gasteiger partial charge < -0.3 is 5.11 Å². The molecular formula is C3H10N4O. The van der Waals surface area contributed by atoms with Crippen molar-refractivity contribution < 1.29 is 5.11 Å². The molecule has 0 saturated carbocycles. The minimum atomic E-state index is 0.0366.